The van der Waals surface area contributed by atoms with E-state index in [1.807, 2.05) is 32.2 Å². The van der Waals surface area contributed by atoms with Crippen molar-refractivity contribution in [1.29, 1.82) is 0 Å². The molecule has 3 aromatic rings. The first kappa shape index (κ1) is 19.5. The van der Waals surface area contributed by atoms with E-state index in [4.69, 9.17) is 16.3 Å². The fourth-order valence-corrected chi connectivity index (χ4v) is 5.32. The molecule has 0 spiro atoms. The highest BCUT2D eigenvalue weighted by molar-refractivity contribution is 7.98. The van der Waals surface area contributed by atoms with Gasteiger partial charge < -0.3 is 4.74 Å². The van der Waals surface area contributed by atoms with Gasteiger partial charge in [0.2, 0.25) is 0 Å². The number of benzene rings is 1. The highest BCUT2D eigenvalue weighted by atomic mass is 35.5. The average molecular weight is 435 g/mol. The molecule has 0 bridgehead atoms. The first-order valence-electron chi connectivity index (χ1n) is 8.65. The second-order valence-corrected chi connectivity index (χ2v) is 9.89. The smallest absolute Gasteiger partial charge is 0.267 e. The minimum atomic E-state index is -3.74. The maximum absolute atomic E-state index is 13.3. The van der Waals surface area contributed by atoms with Crippen molar-refractivity contribution in [3.05, 3.63) is 76.8 Å². The molecule has 2 atom stereocenters. The molecule has 1 aliphatic heterocycles. The Hall–Kier alpha value is -1.80. The molecule has 0 N–H and O–H groups in total. The van der Waals surface area contributed by atoms with Gasteiger partial charge in [-0.25, -0.2) is 17.4 Å². The number of ether oxygens (including phenoxy) is 1. The molecule has 8 heteroatoms. The Labute approximate surface area is 173 Å². The Morgan fingerprint density at radius 2 is 1.89 bits per heavy atom. The molecule has 1 fully saturated rings. The Kier molecular flexibility index (Phi) is 4.82. The lowest BCUT2D eigenvalue weighted by atomic mass is 9.99. The molecule has 2 aromatic heterocycles. The van der Waals surface area contributed by atoms with Crippen LogP contribution >= 0.6 is 23.4 Å². The molecule has 146 valence electrons. The summed E-state index contributed by atoms with van der Waals surface area (Å²) in [5, 5.41) is 0.376. The van der Waals surface area contributed by atoms with Gasteiger partial charge in [-0.3, -0.25) is 0 Å². The summed E-state index contributed by atoms with van der Waals surface area (Å²) in [6, 6.07) is 14.0. The fraction of sp³-hybridized carbons (Fsp3) is 0.250. The summed E-state index contributed by atoms with van der Waals surface area (Å²) in [6.07, 6.45) is 3.11. The van der Waals surface area contributed by atoms with Crippen LogP contribution in [0.5, 0.6) is 0 Å². The summed E-state index contributed by atoms with van der Waals surface area (Å²) in [4.78, 5) is 5.59. The van der Waals surface area contributed by atoms with Crippen molar-refractivity contribution in [2.75, 3.05) is 6.26 Å². The molecule has 0 aliphatic carbocycles. The number of hydrogen-bond donors (Lipinski definition) is 0. The Bertz CT molecular complexity index is 1140. The SMILES string of the molecule is CSc1ccc(S(=O)(=O)n2ccc(C)c2C2OC2(C)c2cccc(Cl)n2)cc1. The third-order valence-corrected chi connectivity index (χ3v) is 7.65. The van der Waals surface area contributed by atoms with E-state index < -0.39 is 21.7 Å². The monoisotopic (exact) mass is 434 g/mol. The average Bonchev–Trinajstić information content (AvgIpc) is 3.21. The Morgan fingerprint density at radius 3 is 2.54 bits per heavy atom. The molecule has 1 saturated heterocycles. The van der Waals surface area contributed by atoms with E-state index in [2.05, 4.69) is 4.98 Å². The van der Waals surface area contributed by atoms with Gasteiger partial charge in [0.15, 0.2) is 0 Å². The maximum Gasteiger partial charge on any atom is 0.267 e. The van der Waals surface area contributed by atoms with Crippen LogP contribution in [0.4, 0.5) is 0 Å². The van der Waals surface area contributed by atoms with E-state index in [0.29, 0.717) is 16.5 Å². The molecular weight excluding hydrogens is 416 g/mol. The van der Waals surface area contributed by atoms with Gasteiger partial charge in [0.1, 0.15) is 16.9 Å². The largest absolute Gasteiger partial charge is 0.353 e. The fourth-order valence-electron chi connectivity index (χ4n) is 3.32. The number of thioether (sulfide) groups is 1. The van der Waals surface area contributed by atoms with Gasteiger partial charge >= 0.3 is 0 Å². The number of aromatic nitrogens is 2. The third kappa shape index (κ3) is 3.16. The van der Waals surface area contributed by atoms with Crippen molar-refractivity contribution >= 4 is 33.4 Å². The van der Waals surface area contributed by atoms with E-state index in [-0.39, 0.29) is 4.90 Å². The van der Waals surface area contributed by atoms with Crippen LogP contribution in [0.3, 0.4) is 0 Å². The second kappa shape index (κ2) is 6.91. The van der Waals surface area contributed by atoms with Crippen LogP contribution in [0.25, 0.3) is 0 Å². The maximum atomic E-state index is 13.3. The summed E-state index contributed by atoms with van der Waals surface area (Å²) < 4.78 is 33.8. The molecule has 1 aliphatic rings. The van der Waals surface area contributed by atoms with Crippen molar-refractivity contribution in [2.45, 2.75) is 35.3 Å². The highest BCUT2D eigenvalue weighted by Gasteiger charge is 2.58. The first-order chi connectivity index (χ1) is 13.3. The lowest BCUT2D eigenvalue weighted by Gasteiger charge is -2.12. The lowest BCUT2D eigenvalue weighted by molar-refractivity contribution is 0.307. The number of pyridine rings is 1. The van der Waals surface area contributed by atoms with Gasteiger partial charge in [-0.15, -0.1) is 11.8 Å². The van der Waals surface area contributed by atoms with Crippen LogP contribution in [0.1, 0.15) is 30.0 Å². The zero-order valence-corrected chi connectivity index (χ0v) is 18.0. The van der Waals surface area contributed by atoms with E-state index in [0.717, 1.165) is 10.5 Å². The molecule has 0 saturated carbocycles. The summed E-state index contributed by atoms with van der Waals surface area (Å²) >= 11 is 7.59. The summed E-state index contributed by atoms with van der Waals surface area (Å²) in [7, 11) is -3.74. The quantitative estimate of drug-likeness (QED) is 0.328. The number of aryl methyl sites for hydroxylation is 1. The third-order valence-electron chi connectivity index (χ3n) is 5.00. The molecule has 0 radical (unpaired) electrons. The minimum absolute atomic E-state index is 0.241. The van der Waals surface area contributed by atoms with Crippen molar-refractivity contribution in [3.63, 3.8) is 0 Å². The standard InChI is InChI=1S/C20H19ClN2O3S2/c1-13-11-12-23(28(24,25)15-9-7-14(27-3)8-10-15)18(13)19-20(2,26-19)16-5-4-6-17(21)22-16/h4-12,19H,1-3H3. The predicted molar refractivity (Wildman–Crippen MR) is 110 cm³/mol. The number of rotatable bonds is 5. The predicted octanol–water partition coefficient (Wildman–Crippen LogP) is 4.79. The van der Waals surface area contributed by atoms with Gasteiger partial charge in [-0.1, -0.05) is 17.7 Å². The number of hydrogen-bond acceptors (Lipinski definition) is 5. The van der Waals surface area contributed by atoms with Crippen molar-refractivity contribution in [2.24, 2.45) is 0 Å². The van der Waals surface area contributed by atoms with Gasteiger partial charge in [-0.2, -0.15) is 0 Å². The molecule has 1 aromatic carbocycles. The van der Waals surface area contributed by atoms with Crippen LogP contribution in [0.15, 0.2) is 64.5 Å². The zero-order valence-electron chi connectivity index (χ0n) is 15.6. The van der Waals surface area contributed by atoms with E-state index in [1.165, 1.54) is 3.97 Å². The molecule has 5 nitrogen and oxygen atoms in total. The molecule has 28 heavy (non-hydrogen) atoms. The molecular formula is C20H19ClN2O3S2. The van der Waals surface area contributed by atoms with Crippen LogP contribution in [-0.4, -0.2) is 23.6 Å². The number of halogens is 1. The van der Waals surface area contributed by atoms with Crippen LogP contribution in [0.2, 0.25) is 5.15 Å². The normalized spacial score (nSPS) is 21.6. The molecule has 0 amide bonds. The lowest BCUT2D eigenvalue weighted by Crippen LogP contribution is -2.17. The van der Waals surface area contributed by atoms with Gasteiger partial charge in [-0.05, 0) is 68.1 Å². The van der Waals surface area contributed by atoms with E-state index in [1.54, 1.807) is 54.4 Å². The molecule has 2 unspecified atom stereocenters. The highest BCUT2D eigenvalue weighted by Crippen LogP contribution is 2.57. The zero-order chi connectivity index (χ0) is 20.1. The second-order valence-electron chi connectivity index (χ2n) is 6.81. The Balaban J connectivity index is 1.74. The van der Waals surface area contributed by atoms with E-state index >= 15 is 0 Å². The number of epoxide rings is 1. The summed E-state index contributed by atoms with van der Waals surface area (Å²) in [5.41, 5.74) is 1.42. The summed E-state index contributed by atoms with van der Waals surface area (Å²) in [6.45, 7) is 3.78. The van der Waals surface area contributed by atoms with Crippen molar-refractivity contribution in [3.8, 4) is 0 Å². The first-order valence-corrected chi connectivity index (χ1v) is 11.7. The molecule has 4 rings (SSSR count). The van der Waals surface area contributed by atoms with E-state index in [9.17, 15) is 8.42 Å². The van der Waals surface area contributed by atoms with Gasteiger partial charge in [0.05, 0.1) is 16.3 Å². The van der Waals surface area contributed by atoms with Crippen molar-refractivity contribution in [1.82, 2.24) is 8.96 Å². The van der Waals surface area contributed by atoms with Gasteiger partial charge in [0, 0.05) is 11.1 Å². The Morgan fingerprint density at radius 1 is 1.18 bits per heavy atom. The van der Waals surface area contributed by atoms with Crippen LogP contribution in [-0.2, 0) is 20.4 Å². The van der Waals surface area contributed by atoms with Crippen LogP contribution in [0, 0.1) is 6.92 Å². The van der Waals surface area contributed by atoms with Crippen molar-refractivity contribution < 1.29 is 13.2 Å². The topological polar surface area (TPSA) is 64.5 Å². The van der Waals surface area contributed by atoms with Crippen LogP contribution < -0.4 is 0 Å². The summed E-state index contributed by atoms with van der Waals surface area (Å²) in [5.74, 6) is 0. The minimum Gasteiger partial charge on any atom is -0.353 e. The number of nitrogens with zero attached hydrogens (tertiary/aromatic N) is 2. The van der Waals surface area contributed by atoms with Gasteiger partial charge in [0.25, 0.3) is 10.0 Å². The molecule has 3 heterocycles.